The molecule has 1 amide bonds. The van der Waals surface area contributed by atoms with Crippen LogP contribution >= 0.6 is 0 Å². The summed E-state index contributed by atoms with van der Waals surface area (Å²) in [5.41, 5.74) is 0.524. The van der Waals surface area contributed by atoms with Gasteiger partial charge in [-0.05, 0) is 50.0 Å². The second-order valence-electron chi connectivity index (χ2n) is 6.54. The maximum absolute atomic E-state index is 11.9. The lowest BCUT2D eigenvalue weighted by molar-refractivity contribution is -0.124. The summed E-state index contributed by atoms with van der Waals surface area (Å²) in [7, 11) is 0. The Labute approximate surface area is 105 Å². The minimum atomic E-state index is 0.218. The highest BCUT2D eigenvalue weighted by Crippen LogP contribution is 2.37. The van der Waals surface area contributed by atoms with Crippen LogP contribution in [0.3, 0.4) is 0 Å². The van der Waals surface area contributed by atoms with Gasteiger partial charge in [-0.1, -0.05) is 13.8 Å². The van der Waals surface area contributed by atoms with E-state index in [0.717, 1.165) is 26.1 Å². The van der Waals surface area contributed by atoms with Crippen molar-refractivity contribution in [2.45, 2.75) is 46.0 Å². The van der Waals surface area contributed by atoms with Crippen LogP contribution < -0.4 is 10.6 Å². The maximum Gasteiger partial charge on any atom is 0.224 e. The van der Waals surface area contributed by atoms with Crippen molar-refractivity contribution in [3.8, 4) is 0 Å². The summed E-state index contributed by atoms with van der Waals surface area (Å²) in [6.45, 7) is 7.46. The summed E-state index contributed by atoms with van der Waals surface area (Å²) < 4.78 is 0. The number of hydrogen-bond acceptors (Lipinski definition) is 2. The molecule has 2 aliphatic rings. The average Bonchev–Trinajstić information content (AvgIpc) is 2.80. The molecule has 2 rings (SSSR count). The second kappa shape index (κ2) is 5.38. The fourth-order valence-corrected chi connectivity index (χ4v) is 2.93. The number of carbonyl (C=O) groups excluding carboxylic acids is 1. The monoisotopic (exact) mass is 238 g/mol. The van der Waals surface area contributed by atoms with Crippen LogP contribution in [0.5, 0.6) is 0 Å². The van der Waals surface area contributed by atoms with Crippen LogP contribution in [0.4, 0.5) is 0 Å². The van der Waals surface area contributed by atoms with Crippen molar-refractivity contribution < 1.29 is 4.79 Å². The summed E-state index contributed by atoms with van der Waals surface area (Å²) in [6, 6.07) is 0. The third-order valence-electron chi connectivity index (χ3n) is 4.45. The smallest absolute Gasteiger partial charge is 0.224 e. The van der Waals surface area contributed by atoms with E-state index in [0.29, 0.717) is 11.3 Å². The summed E-state index contributed by atoms with van der Waals surface area (Å²) in [6.07, 6.45) is 6.16. The molecule has 1 saturated carbocycles. The SMILES string of the molecule is CC1(C)CCC(CNC(=O)C2CCNC2)CC1. The van der Waals surface area contributed by atoms with Crippen molar-refractivity contribution in [2.24, 2.45) is 17.3 Å². The van der Waals surface area contributed by atoms with Crippen molar-refractivity contribution in [3.63, 3.8) is 0 Å². The summed E-state index contributed by atoms with van der Waals surface area (Å²) >= 11 is 0. The Bertz CT molecular complexity index is 259. The van der Waals surface area contributed by atoms with Crippen LogP contribution in [-0.2, 0) is 4.79 Å². The topological polar surface area (TPSA) is 41.1 Å². The van der Waals surface area contributed by atoms with Gasteiger partial charge in [0.25, 0.3) is 0 Å². The molecule has 1 heterocycles. The van der Waals surface area contributed by atoms with Crippen molar-refractivity contribution in [2.75, 3.05) is 19.6 Å². The molecule has 0 aromatic carbocycles. The van der Waals surface area contributed by atoms with Gasteiger partial charge in [0, 0.05) is 13.1 Å². The Kier molecular flexibility index (Phi) is 4.08. The van der Waals surface area contributed by atoms with Crippen LogP contribution in [0.2, 0.25) is 0 Å². The van der Waals surface area contributed by atoms with Crippen LogP contribution in [-0.4, -0.2) is 25.5 Å². The number of rotatable bonds is 3. The average molecular weight is 238 g/mol. The zero-order valence-corrected chi connectivity index (χ0v) is 11.2. The molecule has 17 heavy (non-hydrogen) atoms. The first-order valence-corrected chi connectivity index (χ1v) is 7.05. The van der Waals surface area contributed by atoms with E-state index in [4.69, 9.17) is 0 Å². The Morgan fingerprint density at radius 3 is 2.59 bits per heavy atom. The molecule has 0 bridgehead atoms. The third-order valence-corrected chi connectivity index (χ3v) is 4.45. The van der Waals surface area contributed by atoms with Crippen LogP contribution in [0.1, 0.15) is 46.0 Å². The molecule has 1 atom stereocenters. The zero-order valence-electron chi connectivity index (χ0n) is 11.2. The molecule has 1 saturated heterocycles. The van der Waals surface area contributed by atoms with Crippen LogP contribution in [0.15, 0.2) is 0 Å². The van der Waals surface area contributed by atoms with E-state index in [1.807, 2.05) is 0 Å². The standard InChI is InChI=1S/C14H26N2O/c1-14(2)6-3-11(4-7-14)9-16-13(17)12-5-8-15-10-12/h11-12,15H,3-10H2,1-2H3,(H,16,17). The molecule has 2 fully saturated rings. The number of carbonyl (C=O) groups is 1. The molecule has 0 aromatic heterocycles. The Morgan fingerprint density at radius 1 is 1.29 bits per heavy atom. The first-order chi connectivity index (χ1) is 8.07. The van der Waals surface area contributed by atoms with E-state index in [1.54, 1.807) is 0 Å². The van der Waals surface area contributed by atoms with Crippen molar-refractivity contribution in [1.29, 1.82) is 0 Å². The number of hydrogen-bond donors (Lipinski definition) is 2. The van der Waals surface area contributed by atoms with Gasteiger partial charge in [-0.25, -0.2) is 0 Å². The maximum atomic E-state index is 11.9. The van der Waals surface area contributed by atoms with Gasteiger partial charge in [0.15, 0.2) is 0 Å². The molecule has 0 radical (unpaired) electrons. The van der Waals surface area contributed by atoms with Crippen molar-refractivity contribution in [1.82, 2.24) is 10.6 Å². The normalized spacial score (nSPS) is 29.2. The van der Waals surface area contributed by atoms with Gasteiger partial charge in [-0.3, -0.25) is 4.79 Å². The van der Waals surface area contributed by atoms with Gasteiger partial charge in [-0.2, -0.15) is 0 Å². The second-order valence-corrected chi connectivity index (χ2v) is 6.54. The lowest BCUT2D eigenvalue weighted by Gasteiger charge is -2.34. The minimum absolute atomic E-state index is 0.218. The molecular weight excluding hydrogens is 212 g/mol. The van der Waals surface area contributed by atoms with E-state index in [-0.39, 0.29) is 11.8 Å². The number of amides is 1. The highest BCUT2D eigenvalue weighted by Gasteiger charge is 2.28. The molecule has 0 aromatic rings. The van der Waals surface area contributed by atoms with E-state index in [1.165, 1.54) is 25.7 Å². The minimum Gasteiger partial charge on any atom is -0.356 e. The van der Waals surface area contributed by atoms with Gasteiger partial charge >= 0.3 is 0 Å². The Balaban J connectivity index is 1.67. The quantitative estimate of drug-likeness (QED) is 0.789. The fourth-order valence-electron chi connectivity index (χ4n) is 2.93. The van der Waals surface area contributed by atoms with Gasteiger partial charge in [0.2, 0.25) is 5.91 Å². The van der Waals surface area contributed by atoms with Crippen LogP contribution in [0, 0.1) is 17.3 Å². The predicted octanol–water partition coefficient (Wildman–Crippen LogP) is 1.93. The Morgan fingerprint density at radius 2 is 2.00 bits per heavy atom. The zero-order chi connectivity index (χ0) is 12.3. The lowest BCUT2D eigenvalue weighted by Crippen LogP contribution is -2.37. The summed E-state index contributed by atoms with van der Waals surface area (Å²) in [4.78, 5) is 11.9. The highest BCUT2D eigenvalue weighted by molar-refractivity contribution is 5.79. The lowest BCUT2D eigenvalue weighted by atomic mass is 9.73. The highest BCUT2D eigenvalue weighted by atomic mass is 16.1. The first kappa shape index (κ1) is 12.9. The van der Waals surface area contributed by atoms with Gasteiger partial charge in [0.05, 0.1) is 5.92 Å². The molecule has 3 nitrogen and oxygen atoms in total. The fraction of sp³-hybridized carbons (Fsp3) is 0.929. The van der Waals surface area contributed by atoms with Crippen molar-refractivity contribution in [3.05, 3.63) is 0 Å². The summed E-state index contributed by atoms with van der Waals surface area (Å²) in [5, 5.41) is 6.38. The van der Waals surface area contributed by atoms with Crippen LogP contribution in [0.25, 0.3) is 0 Å². The number of nitrogens with one attached hydrogen (secondary N) is 2. The first-order valence-electron chi connectivity index (χ1n) is 7.05. The van der Waals surface area contributed by atoms with E-state index >= 15 is 0 Å². The van der Waals surface area contributed by atoms with E-state index < -0.39 is 0 Å². The third kappa shape index (κ3) is 3.70. The van der Waals surface area contributed by atoms with Gasteiger partial charge < -0.3 is 10.6 Å². The van der Waals surface area contributed by atoms with Crippen molar-refractivity contribution >= 4 is 5.91 Å². The molecule has 1 unspecified atom stereocenters. The molecule has 98 valence electrons. The van der Waals surface area contributed by atoms with E-state index in [9.17, 15) is 4.79 Å². The molecule has 0 spiro atoms. The Hall–Kier alpha value is -0.570. The molecule has 3 heteroatoms. The predicted molar refractivity (Wildman–Crippen MR) is 69.7 cm³/mol. The molecule has 1 aliphatic heterocycles. The summed E-state index contributed by atoms with van der Waals surface area (Å²) in [5.74, 6) is 1.19. The molecule has 1 aliphatic carbocycles. The van der Waals surface area contributed by atoms with Gasteiger partial charge in [0.1, 0.15) is 0 Å². The molecular formula is C14H26N2O. The molecule has 2 N–H and O–H groups in total. The largest absolute Gasteiger partial charge is 0.356 e. The van der Waals surface area contributed by atoms with E-state index in [2.05, 4.69) is 24.5 Å². The van der Waals surface area contributed by atoms with Gasteiger partial charge in [-0.15, -0.1) is 0 Å².